The summed E-state index contributed by atoms with van der Waals surface area (Å²) in [5, 5.41) is 21.7. The average molecular weight is 278 g/mol. The second-order valence-electron chi connectivity index (χ2n) is 3.59. The normalized spacial score (nSPS) is 11.1. The predicted molar refractivity (Wildman–Crippen MR) is 59.2 cm³/mol. The lowest BCUT2D eigenvalue weighted by Crippen LogP contribution is -2.15. The maximum absolute atomic E-state index is 11.9. The van der Waals surface area contributed by atoms with Gasteiger partial charge in [-0.15, -0.1) is 0 Å². The van der Waals surface area contributed by atoms with Crippen LogP contribution in [0.5, 0.6) is 0 Å². The molecule has 0 heterocycles. The lowest BCUT2D eigenvalue weighted by atomic mass is 10.1. The van der Waals surface area contributed by atoms with Gasteiger partial charge < -0.3 is 10.4 Å². The Labute approximate surface area is 105 Å². The van der Waals surface area contributed by atoms with Crippen molar-refractivity contribution in [3.8, 4) is 0 Å². The van der Waals surface area contributed by atoms with Crippen molar-refractivity contribution in [2.24, 2.45) is 0 Å². The summed E-state index contributed by atoms with van der Waals surface area (Å²) in [6, 6.07) is 3.01. The molecule has 0 fully saturated rings. The zero-order valence-corrected chi connectivity index (χ0v) is 9.40. The molecule has 0 bridgehead atoms. The number of benzene rings is 1. The molecular formula is C10H9F3N2O4. The number of carbonyl (C=O) groups is 1. The molecule has 0 aliphatic rings. The first kappa shape index (κ1) is 14.7. The summed E-state index contributed by atoms with van der Waals surface area (Å²) in [5.74, 6) is -1.52. The third-order valence-electron chi connectivity index (χ3n) is 2.16. The first-order valence-corrected chi connectivity index (χ1v) is 5.03. The standard InChI is InChI=1S/C10H9F3N2O4/c11-10(12,13)3-4-14-6-1-2-8(15(18)19)7(5-6)9(16)17/h1-2,5,14H,3-4H2,(H,16,17). The van der Waals surface area contributed by atoms with E-state index in [0.29, 0.717) is 0 Å². The average Bonchev–Trinajstić information content (AvgIpc) is 2.26. The van der Waals surface area contributed by atoms with Crippen LogP contribution in [0.3, 0.4) is 0 Å². The Hall–Kier alpha value is -2.32. The topological polar surface area (TPSA) is 92.5 Å². The minimum absolute atomic E-state index is 0.0762. The lowest BCUT2D eigenvalue weighted by molar-refractivity contribution is -0.385. The number of nitrogens with one attached hydrogen (secondary N) is 1. The quantitative estimate of drug-likeness (QED) is 0.638. The molecule has 0 unspecified atom stereocenters. The SMILES string of the molecule is O=C(O)c1cc(NCCC(F)(F)F)ccc1[N+](=O)[O-]. The fourth-order valence-electron chi connectivity index (χ4n) is 1.33. The van der Waals surface area contributed by atoms with E-state index >= 15 is 0 Å². The highest BCUT2D eigenvalue weighted by molar-refractivity contribution is 5.93. The number of nitro groups is 1. The van der Waals surface area contributed by atoms with Gasteiger partial charge in [-0.2, -0.15) is 13.2 Å². The Morgan fingerprint density at radius 1 is 1.42 bits per heavy atom. The van der Waals surface area contributed by atoms with Gasteiger partial charge in [0.1, 0.15) is 5.56 Å². The van der Waals surface area contributed by atoms with Crippen LogP contribution in [0.2, 0.25) is 0 Å². The highest BCUT2D eigenvalue weighted by atomic mass is 19.4. The first-order valence-electron chi connectivity index (χ1n) is 5.03. The summed E-state index contributed by atoms with van der Waals surface area (Å²) < 4.78 is 35.7. The number of carboxylic acids is 1. The van der Waals surface area contributed by atoms with Crippen molar-refractivity contribution in [3.05, 3.63) is 33.9 Å². The maximum atomic E-state index is 11.9. The molecule has 0 spiro atoms. The van der Waals surface area contributed by atoms with Crippen LogP contribution in [0.25, 0.3) is 0 Å². The Morgan fingerprint density at radius 2 is 2.05 bits per heavy atom. The van der Waals surface area contributed by atoms with E-state index in [2.05, 4.69) is 5.32 Å². The second kappa shape index (κ2) is 5.55. The molecule has 0 saturated heterocycles. The summed E-state index contributed by atoms with van der Waals surface area (Å²) in [6.45, 7) is -0.444. The number of rotatable bonds is 5. The maximum Gasteiger partial charge on any atom is 0.390 e. The number of hydrogen-bond acceptors (Lipinski definition) is 4. The van der Waals surface area contributed by atoms with Gasteiger partial charge in [0.2, 0.25) is 0 Å². The van der Waals surface area contributed by atoms with Crippen molar-refractivity contribution >= 4 is 17.3 Å². The van der Waals surface area contributed by atoms with E-state index < -0.39 is 41.3 Å². The van der Waals surface area contributed by atoms with Crippen LogP contribution in [-0.4, -0.2) is 28.7 Å². The number of nitrogens with zero attached hydrogens (tertiary/aromatic N) is 1. The highest BCUT2D eigenvalue weighted by Crippen LogP contribution is 2.24. The van der Waals surface area contributed by atoms with Gasteiger partial charge in [0, 0.05) is 18.3 Å². The molecule has 104 valence electrons. The molecule has 0 aliphatic heterocycles. The van der Waals surface area contributed by atoms with Gasteiger partial charge in [0.05, 0.1) is 11.3 Å². The number of alkyl halides is 3. The van der Waals surface area contributed by atoms with Gasteiger partial charge >= 0.3 is 12.1 Å². The van der Waals surface area contributed by atoms with E-state index in [0.717, 1.165) is 18.2 Å². The van der Waals surface area contributed by atoms with Crippen LogP contribution in [-0.2, 0) is 0 Å². The molecule has 0 amide bonds. The Balaban J connectivity index is 2.85. The van der Waals surface area contributed by atoms with Crippen LogP contribution in [0.15, 0.2) is 18.2 Å². The van der Waals surface area contributed by atoms with Gasteiger partial charge in [-0.05, 0) is 12.1 Å². The van der Waals surface area contributed by atoms with E-state index in [1.807, 2.05) is 0 Å². The number of halogens is 3. The molecule has 9 heteroatoms. The summed E-state index contributed by atoms with van der Waals surface area (Å²) >= 11 is 0. The van der Waals surface area contributed by atoms with Crippen LogP contribution in [0.4, 0.5) is 24.5 Å². The number of anilines is 1. The molecule has 1 aromatic carbocycles. The van der Waals surface area contributed by atoms with Crippen LogP contribution < -0.4 is 5.32 Å². The van der Waals surface area contributed by atoms with Gasteiger partial charge in [-0.25, -0.2) is 4.79 Å². The first-order chi connectivity index (χ1) is 8.70. The zero-order chi connectivity index (χ0) is 14.6. The fourth-order valence-corrected chi connectivity index (χ4v) is 1.33. The van der Waals surface area contributed by atoms with Crippen molar-refractivity contribution in [1.29, 1.82) is 0 Å². The van der Waals surface area contributed by atoms with Crippen LogP contribution in [0.1, 0.15) is 16.8 Å². The predicted octanol–water partition coefficient (Wildman–Crippen LogP) is 2.66. The number of hydrogen-bond donors (Lipinski definition) is 2. The molecular weight excluding hydrogens is 269 g/mol. The van der Waals surface area contributed by atoms with Crippen molar-refractivity contribution in [2.75, 3.05) is 11.9 Å². The number of nitro benzene ring substituents is 1. The number of carboxylic acid groups (broad SMARTS) is 1. The van der Waals surface area contributed by atoms with Crippen molar-refractivity contribution < 1.29 is 28.0 Å². The fraction of sp³-hybridized carbons (Fsp3) is 0.300. The molecule has 1 aromatic rings. The molecule has 19 heavy (non-hydrogen) atoms. The molecule has 0 radical (unpaired) electrons. The third kappa shape index (κ3) is 4.45. The molecule has 0 aromatic heterocycles. The molecule has 1 rings (SSSR count). The smallest absolute Gasteiger partial charge is 0.390 e. The summed E-state index contributed by atoms with van der Waals surface area (Å²) in [7, 11) is 0. The summed E-state index contributed by atoms with van der Waals surface area (Å²) in [4.78, 5) is 20.5. The van der Waals surface area contributed by atoms with E-state index in [-0.39, 0.29) is 5.69 Å². The van der Waals surface area contributed by atoms with E-state index in [1.54, 1.807) is 0 Å². The summed E-state index contributed by atoms with van der Waals surface area (Å²) in [6.07, 6.45) is -5.42. The van der Waals surface area contributed by atoms with Gasteiger partial charge in [-0.1, -0.05) is 0 Å². The Morgan fingerprint density at radius 3 is 2.53 bits per heavy atom. The number of aromatic carboxylic acids is 1. The minimum Gasteiger partial charge on any atom is -0.477 e. The van der Waals surface area contributed by atoms with Gasteiger partial charge in [-0.3, -0.25) is 10.1 Å². The minimum atomic E-state index is -4.33. The van der Waals surface area contributed by atoms with Crippen molar-refractivity contribution in [3.63, 3.8) is 0 Å². The summed E-state index contributed by atoms with van der Waals surface area (Å²) in [5.41, 5.74) is -1.12. The monoisotopic (exact) mass is 278 g/mol. The highest BCUT2D eigenvalue weighted by Gasteiger charge is 2.26. The van der Waals surface area contributed by atoms with E-state index in [9.17, 15) is 28.1 Å². The molecule has 6 nitrogen and oxygen atoms in total. The second-order valence-corrected chi connectivity index (χ2v) is 3.59. The molecule has 0 saturated carbocycles. The molecule has 2 N–H and O–H groups in total. The van der Waals surface area contributed by atoms with Crippen molar-refractivity contribution in [2.45, 2.75) is 12.6 Å². The molecule has 0 atom stereocenters. The zero-order valence-electron chi connectivity index (χ0n) is 9.40. The Bertz CT molecular complexity index is 502. The van der Waals surface area contributed by atoms with Crippen LogP contribution in [0, 0.1) is 10.1 Å². The van der Waals surface area contributed by atoms with Gasteiger partial charge in [0.15, 0.2) is 0 Å². The largest absolute Gasteiger partial charge is 0.477 e. The van der Waals surface area contributed by atoms with Crippen LogP contribution >= 0.6 is 0 Å². The van der Waals surface area contributed by atoms with Gasteiger partial charge in [0.25, 0.3) is 5.69 Å². The van der Waals surface area contributed by atoms with E-state index in [4.69, 9.17) is 5.11 Å². The van der Waals surface area contributed by atoms with Crippen molar-refractivity contribution in [1.82, 2.24) is 0 Å². The Kier molecular flexibility index (Phi) is 4.30. The third-order valence-corrected chi connectivity index (χ3v) is 2.16. The lowest BCUT2D eigenvalue weighted by Gasteiger charge is -2.09. The van der Waals surface area contributed by atoms with E-state index in [1.165, 1.54) is 0 Å². The molecule has 0 aliphatic carbocycles.